The number of hydrogen-bond donors (Lipinski definition) is 0. The fourth-order valence-electron chi connectivity index (χ4n) is 4.06. The highest BCUT2D eigenvalue weighted by Crippen LogP contribution is 2.30. The van der Waals surface area contributed by atoms with Crippen molar-refractivity contribution < 1.29 is 4.79 Å². The Labute approximate surface area is 204 Å². The lowest BCUT2D eigenvalue weighted by Gasteiger charge is -2.34. The number of aromatic nitrogens is 2. The van der Waals surface area contributed by atoms with Gasteiger partial charge < -0.3 is 4.90 Å². The summed E-state index contributed by atoms with van der Waals surface area (Å²) < 4.78 is 1.54. The quantitative estimate of drug-likeness (QED) is 0.390. The van der Waals surface area contributed by atoms with Gasteiger partial charge in [-0.1, -0.05) is 23.7 Å². The molecule has 33 heavy (non-hydrogen) atoms. The lowest BCUT2D eigenvalue weighted by atomic mass is 10.2. The summed E-state index contributed by atoms with van der Waals surface area (Å²) in [5.74, 6) is 0.0892. The molecule has 1 amide bonds. The number of fused-ring (bicyclic) bond motifs is 1. The van der Waals surface area contributed by atoms with Crippen molar-refractivity contribution in [1.82, 2.24) is 19.4 Å². The van der Waals surface area contributed by atoms with E-state index in [0.29, 0.717) is 31.4 Å². The number of thiophene rings is 2. The summed E-state index contributed by atoms with van der Waals surface area (Å²) in [6.07, 6.45) is 1.86. The van der Waals surface area contributed by atoms with E-state index in [9.17, 15) is 9.59 Å². The highest BCUT2D eigenvalue weighted by Gasteiger charge is 2.21. The fourth-order valence-corrected chi connectivity index (χ4v) is 6.02. The molecule has 4 aromatic rings. The lowest BCUT2D eigenvalue weighted by Crippen LogP contribution is -2.48. The van der Waals surface area contributed by atoms with Crippen LogP contribution in [0.1, 0.15) is 11.3 Å². The largest absolute Gasteiger partial charge is 0.340 e. The van der Waals surface area contributed by atoms with E-state index < -0.39 is 0 Å². The molecule has 0 aliphatic carbocycles. The van der Waals surface area contributed by atoms with Gasteiger partial charge >= 0.3 is 0 Å². The van der Waals surface area contributed by atoms with Crippen LogP contribution in [0.4, 0.5) is 0 Å². The first-order valence-corrected chi connectivity index (χ1v) is 12.9. The average Bonchev–Trinajstić information content (AvgIpc) is 3.49. The van der Waals surface area contributed by atoms with E-state index in [1.54, 1.807) is 23.7 Å². The summed E-state index contributed by atoms with van der Waals surface area (Å²) in [4.78, 5) is 37.1. The summed E-state index contributed by atoms with van der Waals surface area (Å²) in [6, 6.07) is 14.0. The summed E-state index contributed by atoms with van der Waals surface area (Å²) in [5.41, 5.74) is 1.06. The van der Waals surface area contributed by atoms with E-state index in [2.05, 4.69) is 28.1 Å². The zero-order valence-corrected chi connectivity index (χ0v) is 20.3. The van der Waals surface area contributed by atoms with Gasteiger partial charge in [0.1, 0.15) is 4.83 Å². The van der Waals surface area contributed by atoms with Gasteiger partial charge in [-0.15, -0.1) is 22.7 Å². The maximum atomic E-state index is 12.7. The van der Waals surface area contributed by atoms with Gasteiger partial charge in [0.25, 0.3) is 5.56 Å². The van der Waals surface area contributed by atoms with Gasteiger partial charge in [0.15, 0.2) is 0 Å². The minimum atomic E-state index is -0.0769. The van der Waals surface area contributed by atoms with Crippen LogP contribution < -0.4 is 5.56 Å². The highest BCUT2D eigenvalue weighted by atomic mass is 35.5. The molecule has 0 bridgehead atoms. The second kappa shape index (κ2) is 9.77. The third-order valence-electron chi connectivity index (χ3n) is 5.89. The van der Waals surface area contributed by atoms with Gasteiger partial charge in [0.05, 0.1) is 11.7 Å². The number of amides is 1. The van der Waals surface area contributed by atoms with Crippen molar-refractivity contribution in [3.05, 3.63) is 74.4 Å². The van der Waals surface area contributed by atoms with Crippen LogP contribution in [0.3, 0.4) is 0 Å². The zero-order chi connectivity index (χ0) is 22.8. The van der Waals surface area contributed by atoms with Gasteiger partial charge in [0, 0.05) is 60.5 Å². The predicted octanol–water partition coefficient (Wildman–Crippen LogP) is 4.57. The molecule has 4 heterocycles. The molecular weight excluding hydrogens is 476 g/mol. The zero-order valence-electron chi connectivity index (χ0n) is 17.9. The molecule has 9 heteroatoms. The Morgan fingerprint density at radius 1 is 1.09 bits per heavy atom. The first-order chi connectivity index (χ1) is 16.1. The lowest BCUT2D eigenvalue weighted by molar-refractivity contribution is -0.133. The summed E-state index contributed by atoms with van der Waals surface area (Å²) >= 11 is 9.36. The van der Waals surface area contributed by atoms with E-state index in [0.717, 1.165) is 35.1 Å². The molecule has 0 atom stereocenters. The highest BCUT2D eigenvalue weighted by molar-refractivity contribution is 7.16. The molecule has 6 nitrogen and oxygen atoms in total. The van der Waals surface area contributed by atoms with Crippen LogP contribution in [-0.4, -0.2) is 51.4 Å². The van der Waals surface area contributed by atoms with Crippen LogP contribution >= 0.6 is 34.3 Å². The summed E-state index contributed by atoms with van der Waals surface area (Å²) in [6.45, 7) is 4.36. The molecular formula is C24H23ClN4O2S2. The molecule has 0 saturated carbocycles. The van der Waals surface area contributed by atoms with Crippen molar-refractivity contribution >= 4 is 50.4 Å². The van der Waals surface area contributed by atoms with Crippen LogP contribution in [0.2, 0.25) is 5.02 Å². The van der Waals surface area contributed by atoms with Crippen molar-refractivity contribution in [2.45, 2.75) is 19.5 Å². The number of carbonyl (C=O) groups excluding carboxylic acids is 1. The molecule has 1 aliphatic heterocycles. The van der Waals surface area contributed by atoms with Crippen molar-refractivity contribution in [1.29, 1.82) is 0 Å². The standard InChI is InChI=1S/C24H23ClN4O2S2/c25-18-3-1-2-17(14-18)21-5-4-19(33-21)15-27-9-11-28(12-10-27)22(30)6-8-29-16-26-23-20(24(29)31)7-13-32-23/h1-5,7,13-14,16H,6,8-12,15H2. The monoisotopic (exact) mass is 498 g/mol. The normalized spacial score (nSPS) is 14.8. The molecule has 0 spiro atoms. The van der Waals surface area contributed by atoms with E-state index in [-0.39, 0.29) is 11.5 Å². The first kappa shape index (κ1) is 22.3. The predicted molar refractivity (Wildman–Crippen MR) is 135 cm³/mol. The molecule has 0 N–H and O–H groups in total. The topological polar surface area (TPSA) is 58.4 Å². The van der Waals surface area contributed by atoms with Crippen LogP contribution in [0.25, 0.3) is 20.7 Å². The Balaban J connectivity index is 1.12. The average molecular weight is 499 g/mol. The van der Waals surface area contributed by atoms with Crippen LogP contribution in [-0.2, 0) is 17.9 Å². The molecule has 170 valence electrons. The van der Waals surface area contributed by atoms with Gasteiger partial charge in [-0.05, 0) is 41.3 Å². The maximum absolute atomic E-state index is 12.7. The molecule has 0 unspecified atom stereocenters. The Hall–Kier alpha value is -2.52. The number of carbonyl (C=O) groups is 1. The summed E-state index contributed by atoms with van der Waals surface area (Å²) in [5, 5.41) is 3.23. The minimum Gasteiger partial charge on any atom is -0.340 e. The van der Waals surface area contributed by atoms with Gasteiger partial charge in [-0.2, -0.15) is 0 Å². The van der Waals surface area contributed by atoms with Gasteiger partial charge in [0.2, 0.25) is 5.91 Å². The van der Waals surface area contributed by atoms with Gasteiger partial charge in [-0.25, -0.2) is 4.98 Å². The van der Waals surface area contributed by atoms with E-state index >= 15 is 0 Å². The number of piperazine rings is 1. The van der Waals surface area contributed by atoms with E-state index in [1.807, 2.05) is 28.5 Å². The van der Waals surface area contributed by atoms with Crippen molar-refractivity contribution in [2.24, 2.45) is 0 Å². The van der Waals surface area contributed by atoms with Gasteiger partial charge in [-0.3, -0.25) is 19.1 Å². The Morgan fingerprint density at radius 2 is 1.94 bits per heavy atom. The number of hydrogen-bond acceptors (Lipinski definition) is 6. The van der Waals surface area contributed by atoms with Crippen molar-refractivity contribution in [3.63, 3.8) is 0 Å². The molecule has 0 radical (unpaired) electrons. The number of rotatable bonds is 6. The summed E-state index contributed by atoms with van der Waals surface area (Å²) in [7, 11) is 0. The van der Waals surface area contributed by atoms with E-state index in [4.69, 9.17) is 11.6 Å². The molecule has 1 saturated heterocycles. The Kier molecular flexibility index (Phi) is 6.59. The molecule has 3 aromatic heterocycles. The first-order valence-electron chi connectivity index (χ1n) is 10.8. The number of aryl methyl sites for hydroxylation is 1. The van der Waals surface area contributed by atoms with E-state index in [1.165, 1.54) is 25.7 Å². The molecule has 1 fully saturated rings. The van der Waals surface area contributed by atoms with Crippen molar-refractivity contribution in [2.75, 3.05) is 26.2 Å². The third-order valence-corrected chi connectivity index (χ3v) is 8.07. The molecule has 5 rings (SSSR count). The smallest absolute Gasteiger partial charge is 0.262 e. The molecule has 1 aromatic carbocycles. The number of nitrogens with zero attached hydrogens (tertiary/aromatic N) is 4. The Morgan fingerprint density at radius 3 is 2.76 bits per heavy atom. The van der Waals surface area contributed by atoms with Crippen LogP contribution in [0, 0.1) is 0 Å². The Bertz CT molecular complexity index is 1340. The number of halogens is 1. The fraction of sp³-hybridized carbons (Fsp3) is 0.292. The second-order valence-electron chi connectivity index (χ2n) is 8.07. The number of benzene rings is 1. The maximum Gasteiger partial charge on any atom is 0.262 e. The van der Waals surface area contributed by atoms with Crippen molar-refractivity contribution in [3.8, 4) is 10.4 Å². The minimum absolute atomic E-state index is 0.0769. The molecule has 1 aliphatic rings. The third kappa shape index (κ3) is 5.04. The van der Waals surface area contributed by atoms with Crippen LogP contribution in [0.15, 0.2) is 59.0 Å². The van der Waals surface area contributed by atoms with Crippen LogP contribution in [0.5, 0.6) is 0 Å². The SMILES string of the molecule is O=C(CCn1cnc2sccc2c1=O)N1CCN(Cc2ccc(-c3cccc(Cl)c3)s2)CC1. The second-order valence-corrected chi connectivity index (χ2v) is 10.6.